The van der Waals surface area contributed by atoms with Gasteiger partial charge in [-0.25, -0.2) is 4.79 Å². The molecule has 186 valence electrons. The summed E-state index contributed by atoms with van der Waals surface area (Å²) in [5.41, 5.74) is 0.973. The smallest absolute Gasteiger partial charge is 0.321 e. The lowest BCUT2D eigenvalue weighted by Crippen LogP contribution is -2.56. The van der Waals surface area contributed by atoms with Gasteiger partial charge in [0.15, 0.2) is 0 Å². The van der Waals surface area contributed by atoms with Gasteiger partial charge in [0, 0.05) is 32.7 Å². The zero-order valence-corrected chi connectivity index (χ0v) is 20.8. The molecule has 8 heteroatoms. The number of rotatable bonds is 8. The van der Waals surface area contributed by atoms with Crippen LogP contribution >= 0.6 is 0 Å². The molecule has 3 fully saturated rings. The zero-order chi connectivity index (χ0) is 24.3. The van der Waals surface area contributed by atoms with Crippen LogP contribution in [0.3, 0.4) is 0 Å². The molecule has 4 rings (SSSR count). The van der Waals surface area contributed by atoms with Crippen LogP contribution in [0.5, 0.6) is 0 Å². The van der Waals surface area contributed by atoms with Gasteiger partial charge in [0.1, 0.15) is 6.54 Å². The van der Waals surface area contributed by atoms with E-state index in [-0.39, 0.29) is 42.0 Å². The first kappa shape index (κ1) is 24.5. The molecule has 2 N–H and O–H groups in total. The molecular weight excluding hydrogens is 430 g/mol. The number of hydrogen-bond acceptors (Lipinski definition) is 4. The fourth-order valence-corrected chi connectivity index (χ4v) is 5.89. The highest BCUT2D eigenvalue weighted by Gasteiger charge is 2.54. The van der Waals surface area contributed by atoms with Crippen molar-refractivity contribution < 1.29 is 14.4 Å². The number of carbonyl (C=O) groups excluding carboxylic acids is 3. The van der Waals surface area contributed by atoms with Crippen molar-refractivity contribution in [2.24, 2.45) is 5.92 Å². The Morgan fingerprint density at radius 2 is 1.76 bits per heavy atom. The molecule has 1 spiro atoms. The Hall–Kier alpha value is -2.61. The van der Waals surface area contributed by atoms with E-state index in [1.807, 2.05) is 13.1 Å². The summed E-state index contributed by atoms with van der Waals surface area (Å²) in [4.78, 5) is 43.3. The van der Waals surface area contributed by atoms with Crippen molar-refractivity contribution >= 4 is 17.8 Å². The van der Waals surface area contributed by atoms with Gasteiger partial charge in [-0.05, 0) is 57.1 Å². The molecule has 0 bridgehead atoms. The van der Waals surface area contributed by atoms with Crippen molar-refractivity contribution in [3.63, 3.8) is 0 Å². The Morgan fingerprint density at radius 1 is 1.09 bits per heavy atom. The van der Waals surface area contributed by atoms with Gasteiger partial charge in [0.2, 0.25) is 11.8 Å². The normalized spacial score (nSPS) is 27.1. The summed E-state index contributed by atoms with van der Waals surface area (Å²) in [6.07, 6.45) is 7.29. The molecule has 8 nitrogen and oxygen atoms in total. The molecule has 0 aromatic heterocycles. The monoisotopic (exact) mass is 469 g/mol. The molecule has 1 aliphatic heterocycles. The molecule has 2 aliphatic carbocycles. The molecule has 34 heavy (non-hydrogen) atoms. The van der Waals surface area contributed by atoms with Crippen LogP contribution in [0.4, 0.5) is 4.79 Å². The second-order valence-electron chi connectivity index (χ2n) is 10.4. The summed E-state index contributed by atoms with van der Waals surface area (Å²) in [5, 5.41) is 6.14. The van der Waals surface area contributed by atoms with E-state index in [9.17, 15) is 14.4 Å². The summed E-state index contributed by atoms with van der Waals surface area (Å²) >= 11 is 0. The number of nitrogens with one attached hydrogen (secondary N) is 2. The van der Waals surface area contributed by atoms with Crippen LogP contribution in [-0.4, -0.2) is 85.4 Å². The van der Waals surface area contributed by atoms with Crippen molar-refractivity contribution in [1.82, 2.24) is 25.3 Å². The standard InChI is InChI=1S/C26H39N5O3/c1-27-22(32)17-29(3)23(33)18-30-19-25(31(24(30)34)16-20-8-7-9-20)12-14-26(28-2,15-13-25)21-10-5-4-6-11-21/h4-6,10-11,20,28H,7-9,12-19H2,1-3H3,(H,27,32)/t25-,26-. The first-order chi connectivity index (χ1) is 16.3. The topological polar surface area (TPSA) is 85.0 Å². The minimum absolute atomic E-state index is 0.00391. The number of nitrogens with zero attached hydrogens (tertiary/aromatic N) is 3. The number of urea groups is 1. The second-order valence-corrected chi connectivity index (χ2v) is 10.4. The van der Waals surface area contributed by atoms with Gasteiger partial charge in [0.05, 0.1) is 12.1 Å². The first-order valence-electron chi connectivity index (χ1n) is 12.6. The Kier molecular flexibility index (Phi) is 7.17. The highest BCUT2D eigenvalue weighted by Crippen LogP contribution is 2.47. The lowest BCUT2D eigenvalue weighted by molar-refractivity contribution is -0.134. The van der Waals surface area contributed by atoms with E-state index < -0.39 is 0 Å². The molecule has 0 radical (unpaired) electrons. The number of benzene rings is 1. The fraction of sp³-hybridized carbons (Fsp3) is 0.654. The summed E-state index contributed by atoms with van der Waals surface area (Å²) in [5.74, 6) is 0.142. The Bertz CT molecular complexity index is 893. The van der Waals surface area contributed by atoms with Gasteiger partial charge in [-0.15, -0.1) is 0 Å². The summed E-state index contributed by atoms with van der Waals surface area (Å²) in [7, 11) is 5.20. The van der Waals surface area contributed by atoms with E-state index in [4.69, 9.17) is 0 Å². The lowest BCUT2D eigenvalue weighted by Gasteiger charge is -2.49. The van der Waals surface area contributed by atoms with Gasteiger partial charge in [-0.3, -0.25) is 9.59 Å². The van der Waals surface area contributed by atoms with E-state index in [1.165, 1.54) is 29.7 Å². The summed E-state index contributed by atoms with van der Waals surface area (Å²) in [6, 6.07) is 10.6. The molecule has 0 unspecified atom stereocenters. The maximum atomic E-state index is 13.6. The average Bonchev–Trinajstić information content (AvgIpc) is 3.07. The Balaban J connectivity index is 1.50. The minimum atomic E-state index is -0.235. The maximum Gasteiger partial charge on any atom is 0.321 e. The minimum Gasteiger partial charge on any atom is -0.358 e. The third-order valence-corrected chi connectivity index (χ3v) is 8.48. The number of amides is 4. The van der Waals surface area contributed by atoms with Crippen molar-refractivity contribution in [1.29, 1.82) is 0 Å². The van der Waals surface area contributed by atoms with Crippen molar-refractivity contribution in [3.8, 4) is 0 Å². The van der Waals surface area contributed by atoms with Crippen LogP contribution in [0, 0.1) is 5.92 Å². The molecule has 3 aliphatic rings. The SMILES string of the molecule is CNC(=O)CN(C)C(=O)CN1C[C@]2(CC[C@](NC)(c3ccccc3)CC2)N(CC2CCC2)C1=O. The molecule has 1 aromatic rings. The van der Waals surface area contributed by atoms with Crippen LogP contribution < -0.4 is 10.6 Å². The molecule has 1 heterocycles. The Labute approximate surface area is 203 Å². The summed E-state index contributed by atoms with van der Waals surface area (Å²) < 4.78 is 0. The van der Waals surface area contributed by atoms with Crippen LogP contribution in [0.25, 0.3) is 0 Å². The molecule has 4 amide bonds. The highest BCUT2D eigenvalue weighted by molar-refractivity contribution is 5.88. The quantitative estimate of drug-likeness (QED) is 0.611. The van der Waals surface area contributed by atoms with Gasteiger partial charge < -0.3 is 25.3 Å². The molecule has 1 saturated heterocycles. The van der Waals surface area contributed by atoms with Crippen LogP contribution in [-0.2, 0) is 15.1 Å². The van der Waals surface area contributed by atoms with Gasteiger partial charge in [-0.2, -0.15) is 0 Å². The highest BCUT2D eigenvalue weighted by atomic mass is 16.2. The third-order valence-electron chi connectivity index (χ3n) is 8.48. The first-order valence-corrected chi connectivity index (χ1v) is 12.6. The van der Waals surface area contributed by atoms with Gasteiger partial charge in [0.25, 0.3) is 0 Å². The number of carbonyl (C=O) groups is 3. The molecule has 2 saturated carbocycles. The van der Waals surface area contributed by atoms with E-state index >= 15 is 0 Å². The second kappa shape index (κ2) is 9.94. The number of likely N-dealkylation sites (N-methyl/N-ethyl adjacent to an activating group) is 2. The van der Waals surface area contributed by atoms with Crippen molar-refractivity contribution in [2.75, 3.05) is 47.3 Å². The van der Waals surface area contributed by atoms with Crippen molar-refractivity contribution in [2.45, 2.75) is 56.0 Å². The lowest BCUT2D eigenvalue weighted by atomic mass is 9.68. The molecule has 1 aromatic carbocycles. The summed E-state index contributed by atoms with van der Waals surface area (Å²) in [6.45, 7) is 1.38. The predicted octanol–water partition coefficient (Wildman–Crippen LogP) is 2.16. The van der Waals surface area contributed by atoms with E-state index in [1.54, 1.807) is 19.0 Å². The van der Waals surface area contributed by atoms with Crippen LogP contribution in [0.1, 0.15) is 50.5 Å². The molecular formula is C26H39N5O3. The zero-order valence-electron chi connectivity index (χ0n) is 20.8. The molecule has 0 atom stereocenters. The van der Waals surface area contributed by atoms with E-state index in [2.05, 4.69) is 39.8 Å². The van der Waals surface area contributed by atoms with Crippen molar-refractivity contribution in [3.05, 3.63) is 35.9 Å². The largest absolute Gasteiger partial charge is 0.358 e. The Morgan fingerprint density at radius 3 is 2.32 bits per heavy atom. The van der Waals surface area contributed by atoms with Crippen LogP contribution in [0.15, 0.2) is 30.3 Å². The van der Waals surface area contributed by atoms with Crippen LogP contribution in [0.2, 0.25) is 0 Å². The predicted molar refractivity (Wildman–Crippen MR) is 131 cm³/mol. The van der Waals surface area contributed by atoms with E-state index in [0.717, 1.165) is 32.2 Å². The number of hydrogen-bond donors (Lipinski definition) is 2. The van der Waals surface area contributed by atoms with E-state index in [0.29, 0.717) is 12.5 Å². The average molecular weight is 470 g/mol. The fourth-order valence-electron chi connectivity index (χ4n) is 5.89. The van der Waals surface area contributed by atoms with Gasteiger partial charge >= 0.3 is 6.03 Å². The third kappa shape index (κ3) is 4.65. The maximum absolute atomic E-state index is 13.6. The van der Waals surface area contributed by atoms with Gasteiger partial charge in [-0.1, -0.05) is 36.8 Å².